The Balaban J connectivity index is 2.18. The molecule has 0 saturated carbocycles. The normalized spacial score (nSPS) is 10.3. The van der Waals surface area contributed by atoms with Crippen molar-refractivity contribution < 1.29 is 4.74 Å². The smallest absolute Gasteiger partial charge is 0.243 e. The van der Waals surface area contributed by atoms with Crippen molar-refractivity contribution in [2.24, 2.45) is 0 Å². The standard InChI is InChI=1S/C12H13Br2N5O/c1-3-4-19-12(16-17-18-19)15-7-8-5-9(13)6-10(14)11(8)20-2/h3,5-6H,1,4,7H2,2H3,(H,15,16,18). The number of hydrogen-bond acceptors (Lipinski definition) is 5. The van der Waals surface area contributed by atoms with Crippen molar-refractivity contribution in [2.45, 2.75) is 13.1 Å². The van der Waals surface area contributed by atoms with Crippen LogP contribution in [0.2, 0.25) is 0 Å². The first kappa shape index (κ1) is 15.0. The highest BCUT2D eigenvalue weighted by Crippen LogP contribution is 2.32. The summed E-state index contributed by atoms with van der Waals surface area (Å²) in [6.07, 6.45) is 1.73. The lowest BCUT2D eigenvalue weighted by Crippen LogP contribution is -2.09. The van der Waals surface area contributed by atoms with Crippen LogP contribution in [-0.2, 0) is 13.1 Å². The second-order valence-corrected chi connectivity index (χ2v) is 5.68. The molecule has 0 amide bonds. The SMILES string of the molecule is C=CCn1nnnc1NCc1cc(Br)cc(Br)c1OC. The van der Waals surface area contributed by atoms with Crippen LogP contribution < -0.4 is 10.1 Å². The monoisotopic (exact) mass is 401 g/mol. The average Bonchev–Trinajstić information content (AvgIpc) is 2.84. The lowest BCUT2D eigenvalue weighted by molar-refractivity contribution is 0.407. The van der Waals surface area contributed by atoms with Crippen molar-refractivity contribution in [3.63, 3.8) is 0 Å². The molecule has 0 radical (unpaired) electrons. The van der Waals surface area contributed by atoms with Crippen molar-refractivity contribution in [3.05, 3.63) is 39.3 Å². The van der Waals surface area contributed by atoms with E-state index in [1.54, 1.807) is 17.9 Å². The van der Waals surface area contributed by atoms with Crippen molar-refractivity contribution >= 4 is 37.8 Å². The van der Waals surface area contributed by atoms with E-state index in [0.717, 1.165) is 20.3 Å². The third-order valence-corrected chi connectivity index (χ3v) is 3.61. The van der Waals surface area contributed by atoms with Crippen molar-refractivity contribution in [1.29, 1.82) is 0 Å². The van der Waals surface area contributed by atoms with Crippen molar-refractivity contribution in [2.75, 3.05) is 12.4 Å². The van der Waals surface area contributed by atoms with E-state index in [1.165, 1.54) is 0 Å². The van der Waals surface area contributed by atoms with Crippen LogP contribution in [0.5, 0.6) is 5.75 Å². The molecular weight excluding hydrogens is 390 g/mol. The van der Waals surface area contributed by atoms with Gasteiger partial charge < -0.3 is 10.1 Å². The maximum Gasteiger partial charge on any atom is 0.243 e. The highest BCUT2D eigenvalue weighted by atomic mass is 79.9. The molecule has 0 fully saturated rings. The van der Waals surface area contributed by atoms with Crippen molar-refractivity contribution in [3.8, 4) is 5.75 Å². The van der Waals surface area contributed by atoms with E-state index in [-0.39, 0.29) is 0 Å². The molecule has 2 rings (SSSR count). The molecule has 1 aromatic heterocycles. The molecule has 0 saturated heterocycles. The molecule has 0 bridgehead atoms. The highest BCUT2D eigenvalue weighted by molar-refractivity contribution is 9.11. The van der Waals surface area contributed by atoms with Crippen LogP contribution in [0.1, 0.15) is 5.56 Å². The Hall–Kier alpha value is -1.41. The number of nitrogens with zero attached hydrogens (tertiary/aromatic N) is 4. The Morgan fingerprint density at radius 3 is 2.95 bits per heavy atom. The average molecular weight is 403 g/mol. The quantitative estimate of drug-likeness (QED) is 0.752. The van der Waals surface area contributed by atoms with Crippen LogP contribution in [0.15, 0.2) is 33.7 Å². The second kappa shape index (κ2) is 6.85. The molecule has 20 heavy (non-hydrogen) atoms. The molecule has 1 N–H and O–H groups in total. The Morgan fingerprint density at radius 2 is 2.25 bits per heavy atom. The fourth-order valence-corrected chi connectivity index (χ4v) is 3.20. The van der Waals surface area contributed by atoms with Gasteiger partial charge in [0.2, 0.25) is 5.95 Å². The summed E-state index contributed by atoms with van der Waals surface area (Å²) < 4.78 is 8.88. The summed E-state index contributed by atoms with van der Waals surface area (Å²) in [5.74, 6) is 1.37. The first-order chi connectivity index (χ1) is 9.65. The van der Waals surface area contributed by atoms with Gasteiger partial charge in [-0.05, 0) is 38.5 Å². The van der Waals surface area contributed by atoms with Gasteiger partial charge in [-0.25, -0.2) is 4.68 Å². The van der Waals surface area contributed by atoms with E-state index in [1.807, 2.05) is 12.1 Å². The lowest BCUT2D eigenvalue weighted by atomic mass is 10.2. The number of ether oxygens (including phenoxy) is 1. The number of anilines is 1. The number of allylic oxidation sites excluding steroid dienone is 1. The predicted octanol–water partition coefficient (Wildman–Crippen LogP) is 3.00. The zero-order chi connectivity index (χ0) is 14.5. The zero-order valence-corrected chi connectivity index (χ0v) is 14.0. The minimum Gasteiger partial charge on any atom is -0.495 e. The lowest BCUT2D eigenvalue weighted by Gasteiger charge is -2.12. The van der Waals surface area contributed by atoms with Gasteiger partial charge in [-0.2, -0.15) is 0 Å². The van der Waals surface area contributed by atoms with Gasteiger partial charge >= 0.3 is 0 Å². The fourth-order valence-electron chi connectivity index (χ4n) is 1.72. The molecular formula is C12H13Br2N5O. The molecule has 1 heterocycles. The van der Waals surface area contributed by atoms with Crippen LogP contribution in [0.4, 0.5) is 5.95 Å². The van der Waals surface area contributed by atoms with E-state index < -0.39 is 0 Å². The molecule has 2 aromatic rings. The van der Waals surface area contributed by atoms with Crippen LogP contribution in [0, 0.1) is 0 Å². The minimum atomic E-state index is 0.540. The first-order valence-electron chi connectivity index (χ1n) is 5.78. The van der Waals surface area contributed by atoms with Crippen molar-refractivity contribution in [1.82, 2.24) is 20.2 Å². The Kier molecular flexibility index (Phi) is 5.13. The molecule has 0 aliphatic rings. The molecule has 0 aliphatic heterocycles. The second-order valence-electron chi connectivity index (χ2n) is 3.91. The highest BCUT2D eigenvalue weighted by Gasteiger charge is 2.11. The van der Waals surface area contributed by atoms with E-state index in [0.29, 0.717) is 19.0 Å². The Labute approximate surface area is 133 Å². The van der Waals surface area contributed by atoms with E-state index in [2.05, 4.69) is 59.3 Å². The van der Waals surface area contributed by atoms with Gasteiger partial charge in [-0.3, -0.25) is 0 Å². The number of benzene rings is 1. The predicted molar refractivity (Wildman–Crippen MR) is 83.7 cm³/mol. The molecule has 8 heteroatoms. The van der Waals surface area contributed by atoms with Crippen LogP contribution >= 0.6 is 31.9 Å². The number of hydrogen-bond donors (Lipinski definition) is 1. The van der Waals surface area contributed by atoms with Gasteiger partial charge in [0.05, 0.1) is 18.1 Å². The maximum absolute atomic E-state index is 5.40. The number of tetrazole rings is 1. The number of halogens is 2. The molecule has 0 unspecified atom stereocenters. The van der Waals surface area contributed by atoms with Crippen LogP contribution in [-0.4, -0.2) is 27.3 Å². The largest absolute Gasteiger partial charge is 0.495 e. The van der Waals surface area contributed by atoms with Gasteiger partial charge in [0.25, 0.3) is 0 Å². The van der Waals surface area contributed by atoms with E-state index in [4.69, 9.17) is 4.74 Å². The number of methoxy groups -OCH3 is 1. The Morgan fingerprint density at radius 1 is 1.45 bits per heavy atom. The first-order valence-corrected chi connectivity index (χ1v) is 7.37. The summed E-state index contributed by atoms with van der Waals surface area (Å²) in [5, 5.41) is 14.6. The third-order valence-electron chi connectivity index (χ3n) is 2.56. The summed E-state index contributed by atoms with van der Waals surface area (Å²) >= 11 is 6.94. The molecule has 6 nitrogen and oxygen atoms in total. The number of aromatic nitrogens is 4. The van der Waals surface area contributed by atoms with Crippen LogP contribution in [0.3, 0.4) is 0 Å². The minimum absolute atomic E-state index is 0.540. The summed E-state index contributed by atoms with van der Waals surface area (Å²) in [7, 11) is 1.64. The summed E-state index contributed by atoms with van der Waals surface area (Å²) in [4.78, 5) is 0. The molecule has 0 aliphatic carbocycles. The van der Waals surface area contributed by atoms with Gasteiger partial charge in [-0.1, -0.05) is 27.1 Å². The Bertz CT molecular complexity index is 614. The molecule has 106 valence electrons. The van der Waals surface area contributed by atoms with Gasteiger partial charge in [0.15, 0.2) is 0 Å². The summed E-state index contributed by atoms with van der Waals surface area (Å²) in [6, 6.07) is 3.92. The zero-order valence-electron chi connectivity index (χ0n) is 10.8. The van der Waals surface area contributed by atoms with Gasteiger partial charge in [0.1, 0.15) is 5.75 Å². The summed E-state index contributed by atoms with van der Waals surface area (Å²) in [5.41, 5.74) is 0.988. The van der Waals surface area contributed by atoms with Crippen LogP contribution in [0.25, 0.3) is 0 Å². The van der Waals surface area contributed by atoms with Gasteiger partial charge in [-0.15, -0.1) is 6.58 Å². The molecule has 0 spiro atoms. The topological polar surface area (TPSA) is 64.9 Å². The van der Waals surface area contributed by atoms with E-state index in [9.17, 15) is 0 Å². The van der Waals surface area contributed by atoms with Gasteiger partial charge in [0, 0.05) is 16.6 Å². The van der Waals surface area contributed by atoms with E-state index >= 15 is 0 Å². The molecule has 0 atom stereocenters. The number of nitrogens with one attached hydrogen (secondary N) is 1. The maximum atomic E-state index is 5.40. The summed E-state index contributed by atoms with van der Waals surface area (Å²) in [6.45, 7) is 4.76. The number of rotatable bonds is 6. The molecule has 1 aromatic carbocycles. The third kappa shape index (κ3) is 3.37. The fraction of sp³-hybridized carbons (Fsp3) is 0.250.